The van der Waals surface area contributed by atoms with Gasteiger partial charge < -0.3 is 5.73 Å². The maximum Gasteiger partial charge on any atom is 0.229 e. The van der Waals surface area contributed by atoms with Crippen LogP contribution in [-0.4, -0.2) is 5.91 Å². The van der Waals surface area contributed by atoms with Crippen molar-refractivity contribution in [2.45, 2.75) is 6.42 Å². The topological polar surface area (TPSA) is 43.1 Å². The lowest BCUT2D eigenvalue weighted by molar-refractivity contribution is -0.117. The molecule has 0 unspecified atom stereocenters. The summed E-state index contributed by atoms with van der Waals surface area (Å²) in [6.45, 7) is 0. The number of carbonyl (C=O) groups is 1. The van der Waals surface area contributed by atoms with Gasteiger partial charge in [0.1, 0.15) is 0 Å². The number of primary amides is 1. The van der Waals surface area contributed by atoms with E-state index in [1.165, 1.54) is 6.07 Å². The molecule has 1 amide bonds. The average molecular weight is 195 g/mol. The van der Waals surface area contributed by atoms with Gasteiger partial charge in [-0.2, -0.15) is 0 Å². The zero-order valence-electron chi connectivity index (χ0n) is 7.18. The van der Waals surface area contributed by atoms with Crippen LogP contribution in [0.4, 0.5) is 8.78 Å². The SMILES string of the molecule is NC(=O)CC#Cc1ccc(F)c(F)c1. The molecule has 2 N–H and O–H groups in total. The predicted molar refractivity (Wildman–Crippen MR) is 47.0 cm³/mol. The molecule has 0 aliphatic rings. The highest BCUT2D eigenvalue weighted by atomic mass is 19.2. The maximum absolute atomic E-state index is 12.6. The lowest BCUT2D eigenvalue weighted by Gasteiger charge is -1.92. The molecular formula is C10H7F2NO. The van der Waals surface area contributed by atoms with E-state index in [-0.39, 0.29) is 6.42 Å². The van der Waals surface area contributed by atoms with Crippen molar-refractivity contribution in [2.75, 3.05) is 0 Å². The summed E-state index contributed by atoms with van der Waals surface area (Å²) in [5, 5.41) is 0. The molecule has 4 heteroatoms. The molecule has 2 nitrogen and oxygen atoms in total. The first-order chi connectivity index (χ1) is 6.59. The van der Waals surface area contributed by atoms with Crippen molar-refractivity contribution in [3.8, 4) is 11.8 Å². The van der Waals surface area contributed by atoms with Gasteiger partial charge >= 0.3 is 0 Å². The van der Waals surface area contributed by atoms with E-state index in [2.05, 4.69) is 11.8 Å². The molecule has 0 radical (unpaired) electrons. The molecule has 0 aromatic heterocycles. The van der Waals surface area contributed by atoms with Gasteiger partial charge in [0.2, 0.25) is 5.91 Å². The van der Waals surface area contributed by atoms with E-state index in [0.717, 1.165) is 12.1 Å². The van der Waals surface area contributed by atoms with Gasteiger partial charge in [0.15, 0.2) is 11.6 Å². The minimum Gasteiger partial charge on any atom is -0.369 e. The summed E-state index contributed by atoms with van der Waals surface area (Å²) >= 11 is 0. The van der Waals surface area contributed by atoms with Crippen molar-refractivity contribution in [3.63, 3.8) is 0 Å². The smallest absolute Gasteiger partial charge is 0.229 e. The molecule has 0 saturated heterocycles. The summed E-state index contributed by atoms with van der Waals surface area (Å²) in [7, 11) is 0. The van der Waals surface area contributed by atoms with Gasteiger partial charge in [-0.3, -0.25) is 4.79 Å². The summed E-state index contributed by atoms with van der Waals surface area (Å²) in [4.78, 5) is 10.3. The highest BCUT2D eigenvalue weighted by Crippen LogP contribution is 2.07. The van der Waals surface area contributed by atoms with E-state index in [0.29, 0.717) is 5.56 Å². The first kappa shape index (κ1) is 10.2. The standard InChI is InChI=1S/C10H7F2NO/c11-8-5-4-7(6-9(8)12)2-1-3-10(13)14/h4-6H,3H2,(H2,13,14). The first-order valence-electron chi connectivity index (χ1n) is 3.82. The molecule has 0 aliphatic carbocycles. The Kier molecular flexibility index (Phi) is 3.19. The van der Waals surface area contributed by atoms with Crippen LogP contribution in [0.1, 0.15) is 12.0 Å². The summed E-state index contributed by atoms with van der Waals surface area (Å²) in [6.07, 6.45) is -0.0982. The maximum atomic E-state index is 12.6. The summed E-state index contributed by atoms with van der Waals surface area (Å²) < 4.78 is 25.1. The number of rotatable bonds is 1. The number of halogens is 2. The molecule has 72 valence electrons. The molecule has 1 aromatic rings. The fourth-order valence-electron chi connectivity index (χ4n) is 0.807. The highest BCUT2D eigenvalue weighted by molar-refractivity contribution is 5.76. The number of hydrogen-bond donors (Lipinski definition) is 1. The average Bonchev–Trinajstić information content (AvgIpc) is 2.10. The van der Waals surface area contributed by atoms with Gasteiger partial charge in [-0.1, -0.05) is 11.8 Å². The Bertz CT molecular complexity index is 418. The Morgan fingerprint density at radius 3 is 2.64 bits per heavy atom. The third-order valence-electron chi connectivity index (χ3n) is 1.41. The molecule has 0 atom stereocenters. The van der Waals surface area contributed by atoms with Crippen molar-refractivity contribution in [2.24, 2.45) is 5.73 Å². The minimum atomic E-state index is -0.962. The van der Waals surface area contributed by atoms with E-state index >= 15 is 0 Å². The largest absolute Gasteiger partial charge is 0.369 e. The number of benzene rings is 1. The Morgan fingerprint density at radius 1 is 1.36 bits per heavy atom. The van der Waals surface area contributed by atoms with Gasteiger partial charge in [0.05, 0.1) is 6.42 Å². The minimum absolute atomic E-state index is 0.0982. The van der Waals surface area contributed by atoms with Gasteiger partial charge in [0, 0.05) is 5.56 Å². The normalized spacial score (nSPS) is 9.00. The lowest BCUT2D eigenvalue weighted by atomic mass is 10.2. The predicted octanol–water partition coefficient (Wildman–Crippen LogP) is 1.19. The van der Waals surface area contributed by atoms with Crippen LogP contribution in [0.3, 0.4) is 0 Å². The zero-order valence-corrected chi connectivity index (χ0v) is 7.18. The van der Waals surface area contributed by atoms with Crippen molar-refractivity contribution < 1.29 is 13.6 Å². The van der Waals surface area contributed by atoms with Crippen LogP contribution in [0.25, 0.3) is 0 Å². The molecule has 14 heavy (non-hydrogen) atoms. The lowest BCUT2D eigenvalue weighted by Crippen LogP contribution is -2.08. The van der Waals surface area contributed by atoms with Crippen LogP contribution in [0, 0.1) is 23.5 Å². The summed E-state index contributed by atoms with van der Waals surface area (Å²) in [6, 6.07) is 3.26. The van der Waals surface area contributed by atoms with Crippen molar-refractivity contribution in [3.05, 3.63) is 35.4 Å². The number of hydrogen-bond acceptors (Lipinski definition) is 1. The monoisotopic (exact) mass is 195 g/mol. The van der Waals surface area contributed by atoms with Crippen LogP contribution in [0.5, 0.6) is 0 Å². The van der Waals surface area contributed by atoms with Gasteiger partial charge in [-0.25, -0.2) is 8.78 Å². The van der Waals surface area contributed by atoms with Gasteiger partial charge in [-0.05, 0) is 18.2 Å². The third-order valence-corrected chi connectivity index (χ3v) is 1.41. The Balaban J connectivity index is 2.81. The number of amides is 1. The van der Waals surface area contributed by atoms with Crippen molar-refractivity contribution >= 4 is 5.91 Å². The Morgan fingerprint density at radius 2 is 2.07 bits per heavy atom. The van der Waals surface area contributed by atoms with Crippen LogP contribution < -0.4 is 5.73 Å². The fourth-order valence-corrected chi connectivity index (χ4v) is 0.807. The van der Waals surface area contributed by atoms with E-state index in [1.807, 2.05) is 0 Å². The van der Waals surface area contributed by atoms with E-state index in [9.17, 15) is 13.6 Å². The molecule has 1 aromatic carbocycles. The summed E-state index contributed by atoms with van der Waals surface area (Å²) in [5.74, 6) is 2.48. The second-order valence-electron chi connectivity index (χ2n) is 2.57. The molecule has 1 rings (SSSR count). The van der Waals surface area contributed by atoms with Crippen molar-refractivity contribution in [1.29, 1.82) is 0 Å². The number of nitrogens with two attached hydrogens (primary N) is 1. The van der Waals surface area contributed by atoms with Crippen LogP contribution in [-0.2, 0) is 4.79 Å². The van der Waals surface area contributed by atoms with E-state index in [4.69, 9.17) is 5.73 Å². The molecule has 0 fully saturated rings. The Hall–Kier alpha value is -1.89. The van der Waals surface area contributed by atoms with Gasteiger partial charge in [-0.15, -0.1) is 0 Å². The molecule has 0 heterocycles. The van der Waals surface area contributed by atoms with Crippen LogP contribution in [0.15, 0.2) is 18.2 Å². The third kappa shape index (κ3) is 2.87. The second kappa shape index (κ2) is 4.38. The highest BCUT2D eigenvalue weighted by Gasteiger charge is 1.99. The van der Waals surface area contributed by atoms with Gasteiger partial charge in [0.25, 0.3) is 0 Å². The molecule has 0 aliphatic heterocycles. The first-order valence-corrected chi connectivity index (χ1v) is 3.82. The molecular weight excluding hydrogens is 188 g/mol. The molecule has 0 saturated carbocycles. The second-order valence-corrected chi connectivity index (χ2v) is 2.57. The van der Waals surface area contributed by atoms with Crippen LogP contribution >= 0.6 is 0 Å². The van der Waals surface area contributed by atoms with E-state index in [1.54, 1.807) is 0 Å². The summed E-state index contributed by atoms with van der Waals surface area (Å²) in [5.41, 5.74) is 5.15. The van der Waals surface area contributed by atoms with E-state index < -0.39 is 17.5 Å². The van der Waals surface area contributed by atoms with Crippen LogP contribution in [0.2, 0.25) is 0 Å². The Labute approximate surface area is 79.7 Å². The zero-order chi connectivity index (χ0) is 10.6. The molecule has 0 spiro atoms. The quantitative estimate of drug-likeness (QED) is 0.672. The fraction of sp³-hybridized carbons (Fsp3) is 0.100. The molecule has 0 bridgehead atoms. The van der Waals surface area contributed by atoms with Crippen molar-refractivity contribution in [1.82, 2.24) is 0 Å². The number of carbonyl (C=O) groups excluding carboxylic acids is 1.